The van der Waals surface area contributed by atoms with Crippen LogP contribution in [-0.2, 0) is 6.42 Å². The number of aliphatic hydroxyl groups is 1. The Balaban J connectivity index is 2.41. The van der Waals surface area contributed by atoms with E-state index in [1.165, 1.54) is 0 Å². The van der Waals surface area contributed by atoms with Gasteiger partial charge in [0.15, 0.2) is 0 Å². The van der Waals surface area contributed by atoms with E-state index < -0.39 is 5.60 Å². The Morgan fingerprint density at radius 1 is 1.35 bits per heavy atom. The lowest BCUT2D eigenvalue weighted by Gasteiger charge is -2.17. The summed E-state index contributed by atoms with van der Waals surface area (Å²) in [4.78, 5) is 0. The Kier molecular flexibility index (Phi) is 3.17. The molecule has 0 spiro atoms. The van der Waals surface area contributed by atoms with E-state index in [1.807, 2.05) is 18.2 Å². The third-order valence-corrected chi connectivity index (χ3v) is 2.63. The molecular formula is C12H14ClN3O. The summed E-state index contributed by atoms with van der Waals surface area (Å²) in [6.45, 7) is 3.49. The van der Waals surface area contributed by atoms with Gasteiger partial charge >= 0.3 is 0 Å². The predicted octanol–water partition coefficient (Wildman–Crippen LogP) is 2.23. The Hall–Kier alpha value is -1.39. The van der Waals surface area contributed by atoms with Crippen LogP contribution in [0.2, 0.25) is 5.02 Å². The van der Waals surface area contributed by atoms with Gasteiger partial charge in [-0.15, -0.1) is 5.10 Å². The minimum Gasteiger partial charge on any atom is -0.390 e. The zero-order valence-electron chi connectivity index (χ0n) is 9.76. The second kappa shape index (κ2) is 4.47. The highest BCUT2D eigenvalue weighted by Gasteiger charge is 2.18. The predicted molar refractivity (Wildman–Crippen MR) is 66.4 cm³/mol. The second-order valence-corrected chi connectivity index (χ2v) is 4.98. The van der Waals surface area contributed by atoms with Crippen molar-refractivity contribution in [2.24, 2.45) is 0 Å². The molecule has 1 aromatic heterocycles. The van der Waals surface area contributed by atoms with Crippen molar-refractivity contribution in [3.8, 4) is 5.69 Å². The van der Waals surface area contributed by atoms with Gasteiger partial charge in [-0.25, -0.2) is 4.68 Å². The molecule has 0 saturated heterocycles. The maximum Gasteiger partial charge on any atom is 0.0852 e. The van der Waals surface area contributed by atoms with Crippen LogP contribution in [0.5, 0.6) is 0 Å². The van der Waals surface area contributed by atoms with Crippen molar-refractivity contribution >= 4 is 11.6 Å². The lowest BCUT2D eigenvalue weighted by atomic mass is 10.0. The third kappa shape index (κ3) is 2.84. The standard InChI is InChI=1S/C12H14ClN3O/c1-12(2,17)7-9-8-14-15-16(9)11-6-4-3-5-10(11)13/h3-6,8,17H,7H2,1-2H3. The second-order valence-electron chi connectivity index (χ2n) is 4.58. The first-order chi connectivity index (χ1) is 7.97. The quantitative estimate of drug-likeness (QED) is 0.910. The SMILES string of the molecule is CC(C)(O)Cc1cnnn1-c1ccccc1Cl. The maximum absolute atomic E-state index is 9.83. The molecule has 0 amide bonds. The van der Waals surface area contributed by atoms with E-state index in [9.17, 15) is 5.11 Å². The van der Waals surface area contributed by atoms with Crippen molar-refractivity contribution in [2.45, 2.75) is 25.9 Å². The third-order valence-electron chi connectivity index (χ3n) is 2.31. The Labute approximate surface area is 105 Å². The molecule has 17 heavy (non-hydrogen) atoms. The number of hydrogen-bond donors (Lipinski definition) is 1. The normalized spacial score (nSPS) is 11.8. The van der Waals surface area contributed by atoms with Gasteiger partial charge in [0.25, 0.3) is 0 Å². The van der Waals surface area contributed by atoms with E-state index in [2.05, 4.69) is 10.3 Å². The molecule has 2 aromatic rings. The molecule has 0 saturated carbocycles. The number of benzene rings is 1. The lowest BCUT2D eigenvalue weighted by molar-refractivity contribution is 0.0793. The van der Waals surface area contributed by atoms with Gasteiger partial charge in [0.1, 0.15) is 0 Å². The van der Waals surface area contributed by atoms with Crippen LogP contribution >= 0.6 is 11.6 Å². The van der Waals surface area contributed by atoms with Crippen LogP contribution in [0.4, 0.5) is 0 Å². The van der Waals surface area contributed by atoms with Crippen molar-refractivity contribution in [3.05, 3.63) is 41.2 Å². The molecule has 5 heteroatoms. The van der Waals surface area contributed by atoms with Crippen LogP contribution in [0.1, 0.15) is 19.5 Å². The van der Waals surface area contributed by atoms with Gasteiger partial charge in [0.05, 0.1) is 28.2 Å². The van der Waals surface area contributed by atoms with E-state index in [0.29, 0.717) is 11.4 Å². The molecule has 0 unspecified atom stereocenters. The molecule has 1 aromatic carbocycles. The summed E-state index contributed by atoms with van der Waals surface area (Å²) in [5.74, 6) is 0. The largest absolute Gasteiger partial charge is 0.390 e. The maximum atomic E-state index is 9.83. The Bertz CT molecular complexity index is 516. The molecule has 1 heterocycles. The first-order valence-electron chi connectivity index (χ1n) is 5.34. The minimum atomic E-state index is -0.805. The van der Waals surface area contributed by atoms with Gasteiger partial charge in [-0.1, -0.05) is 28.9 Å². The van der Waals surface area contributed by atoms with Crippen LogP contribution in [0, 0.1) is 0 Å². The number of halogens is 1. The number of aromatic nitrogens is 3. The molecule has 0 bridgehead atoms. The van der Waals surface area contributed by atoms with Gasteiger partial charge in [0, 0.05) is 6.42 Å². The van der Waals surface area contributed by atoms with Crippen molar-refractivity contribution < 1.29 is 5.11 Å². The first kappa shape index (κ1) is 12.1. The number of hydrogen-bond acceptors (Lipinski definition) is 3. The zero-order chi connectivity index (χ0) is 12.5. The summed E-state index contributed by atoms with van der Waals surface area (Å²) in [6.07, 6.45) is 2.10. The van der Waals surface area contributed by atoms with E-state index in [0.717, 1.165) is 11.4 Å². The average Bonchev–Trinajstić information content (AvgIpc) is 2.64. The summed E-state index contributed by atoms with van der Waals surface area (Å²) in [6, 6.07) is 7.41. The molecule has 90 valence electrons. The van der Waals surface area contributed by atoms with Crippen molar-refractivity contribution in [2.75, 3.05) is 0 Å². The fourth-order valence-corrected chi connectivity index (χ4v) is 1.86. The molecule has 1 N–H and O–H groups in total. The van der Waals surface area contributed by atoms with Gasteiger partial charge in [0.2, 0.25) is 0 Å². The summed E-state index contributed by atoms with van der Waals surface area (Å²) in [5.41, 5.74) is 0.789. The van der Waals surface area contributed by atoms with Crippen LogP contribution in [0.15, 0.2) is 30.5 Å². The van der Waals surface area contributed by atoms with Crippen LogP contribution in [0.3, 0.4) is 0 Å². The summed E-state index contributed by atoms with van der Waals surface area (Å²) in [5, 5.41) is 18.3. The zero-order valence-corrected chi connectivity index (χ0v) is 10.5. The average molecular weight is 252 g/mol. The Morgan fingerprint density at radius 2 is 2.06 bits per heavy atom. The monoisotopic (exact) mass is 251 g/mol. The van der Waals surface area contributed by atoms with Crippen molar-refractivity contribution in [3.63, 3.8) is 0 Å². The molecule has 0 aliphatic heterocycles. The molecule has 0 atom stereocenters. The number of rotatable bonds is 3. The summed E-state index contributed by atoms with van der Waals surface area (Å²) in [7, 11) is 0. The van der Waals surface area contributed by atoms with Gasteiger partial charge in [-0.3, -0.25) is 0 Å². The molecule has 0 aliphatic carbocycles. The number of nitrogens with zero attached hydrogens (tertiary/aromatic N) is 3. The molecular weight excluding hydrogens is 238 g/mol. The fourth-order valence-electron chi connectivity index (χ4n) is 1.65. The van der Waals surface area contributed by atoms with Crippen LogP contribution in [-0.4, -0.2) is 25.7 Å². The Morgan fingerprint density at radius 3 is 2.71 bits per heavy atom. The van der Waals surface area contributed by atoms with Crippen molar-refractivity contribution in [1.29, 1.82) is 0 Å². The smallest absolute Gasteiger partial charge is 0.0852 e. The first-order valence-corrected chi connectivity index (χ1v) is 5.72. The topological polar surface area (TPSA) is 50.9 Å². The molecule has 0 aliphatic rings. The highest BCUT2D eigenvalue weighted by Crippen LogP contribution is 2.21. The summed E-state index contributed by atoms with van der Waals surface area (Å²) >= 11 is 6.11. The minimum absolute atomic E-state index is 0.464. The highest BCUT2D eigenvalue weighted by atomic mass is 35.5. The lowest BCUT2D eigenvalue weighted by Crippen LogP contribution is -2.23. The van der Waals surface area contributed by atoms with Crippen molar-refractivity contribution in [1.82, 2.24) is 15.0 Å². The van der Waals surface area contributed by atoms with Gasteiger partial charge in [-0.05, 0) is 26.0 Å². The van der Waals surface area contributed by atoms with Crippen LogP contribution in [0.25, 0.3) is 5.69 Å². The van der Waals surface area contributed by atoms with Gasteiger partial charge in [-0.2, -0.15) is 0 Å². The molecule has 0 radical (unpaired) electrons. The van der Waals surface area contributed by atoms with Gasteiger partial charge < -0.3 is 5.11 Å². The van der Waals surface area contributed by atoms with E-state index >= 15 is 0 Å². The fraction of sp³-hybridized carbons (Fsp3) is 0.333. The molecule has 4 nitrogen and oxygen atoms in total. The van der Waals surface area contributed by atoms with E-state index in [4.69, 9.17) is 11.6 Å². The highest BCUT2D eigenvalue weighted by molar-refractivity contribution is 6.32. The van der Waals surface area contributed by atoms with E-state index in [1.54, 1.807) is 30.8 Å². The number of para-hydroxylation sites is 1. The summed E-state index contributed by atoms with van der Waals surface area (Å²) < 4.78 is 1.65. The van der Waals surface area contributed by atoms with E-state index in [-0.39, 0.29) is 0 Å². The molecule has 2 rings (SSSR count). The van der Waals surface area contributed by atoms with Crippen LogP contribution < -0.4 is 0 Å². The molecule has 0 fully saturated rings.